The largest absolute Gasteiger partial charge is 0.786 e. The van der Waals surface area contributed by atoms with Gasteiger partial charge in [0.05, 0.1) is 0 Å². The fourth-order valence-corrected chi connectivity index (χ4v) is 0.500. The molecule has 70 valence electrons. The summed E-state index contributed by atoms with van der Waals surface area (Å²) in [7, 11) is -5.64. The number of halogens is 1. The first-order valence-electron chi connectivity index (χ1n) is 3.63. The molecular formula is C6H14FO3P-2. The van der Waals surface area contributed by atoms with Crippen molar-refractivity contribution in [2.45, 2.75) is 39.5 Å². The molecule has 0 aromatic rings. The van der Waals surface area contributed by atoms with Crippen LogP contribution in [-0.2, 0) is 4.57 Å². The average Bonchev–Trinajstić information content (AvgIpc) is 1.79. The van der Waals surface area contributed by atoms with Gasteiger partial charge in [-0.15, -0.1) is 0 Å². The second-order valence-electron chi connectivity index (χ2n) is 2.14. The molecule has 0 amide bonds. The van der Waals surface area contributed by atoms with E-state index in [9.17, 15) is 4.20 Å². The summed E-state index contributed by atoms with van der Waals surface area (Å²) in [6.07, 6.45) is 5.54. The fraction of sp³-hybridized carbons (Fsp3) is 1.00. The first kappa shape index (κ1) is 13.7. The maximum absolute atomic E-state index is 10.1. The maximum atomic E-state index is 10.1. The van der Waals surface area contributed by atoms with E-state index in [2.05, 4.69) is 13.8 Å². The summed E-state index contributed by atoms with van der Waals surface area (Å²) in [5.41, 5.74) is 0. The summed E-state index contributed by atoms with van der Waals surface area (Å²) >= 11 is 0. The lowest BCUT2D eigenvalue weighted by molar-refractivity contribution is -0.328. The molecule has 0 saturated heterocycles. The van der Waals surface area contributed by atoms with Crippen molar-refractivity contribution in [1.29, 1.82) is 0 Å². The molecule has 0 aliphatic heterocycles. The van der Waals surface area contributed by atoms with Gasteiger partial charge in [0.15, 0.2) is 0 Å². The SMILES string of the molecule is CCCCCC.O=P([O-])([O-])F. The summed E-state index contributed by atoms with van der Waals surface area (Å²) in [6, 6.07) is 0. The van der Waals surface area contributed by atoms with Gasteiger partial charge in [-0.3, -0.25) is 0 Å². The molecule has 0 rings (SSSR count). The smallest absolute Gasteiger partial charge is 0.110 e. The van der Waals surface area contributed by atoms with Crippen molar-refractivity contribution >= 4 is 7.91 Å². The Morgan fingerprint density at radius 2 is 1.36 bits per heavy atom. The van der Waals surface area contributed by atoms with Crippen LogP contribution in [0.1, 0.15) is 39.5 Å². The molecule has 11 heavy (non-hydrogen) atoms. The Morgan fingerprint density at radius 3 is 1.45 bits per heavy atom. The Kier molecular flexibility index (Phi) is 10.2. The standard InChI is InChI=1S/C6H14.FH2O3P/c1-3-5-6-4-2;1-5(2,3)4/h3-6H2,1-2H3;(H2,2,3,4)/p-2. The molecule has 0 unspecified atom stereocenters. The second-order valence-corrected chi connectivity index (χ2v) is 3.00. The third-order valence-electron chi connectivity index (χ3n) is 0.957. The number of rotatable bonds is 3. The first-order chi connectivity index (χ1) is 4.91. The van der Waals surface area contributed by atoms with Crippen molar-refractivity contribution in [3.05, 3.63) is 0 Å². The van der Waals surface area contributed by atoms with Crippen molar-refractivity contribution in [3.63, 3.8) is 0 Å². The molecule has 0 radical (unpaired) electrons. The Morgan fingerprint density at radius 1 is 1.18 bits per heavy atom. The van der Waals surface area contributed by atoms with Crippen LogP contribution in [0.2, 0.25) is 0 Å². The molecule has 0 heterocycles. The summed E-state index contributed by atoms with van der Waals surface area (Å²) < 4.78 is 18.6. The lowest BCUT2D eigenvalue weighted by Gasteiger charge is -2.15. The highest BCUT2D eigenvalue weighted by Gasteiger charge is 1.75. The van der Waals surface area contributed by atoms with E-state index in [4.69, 9.17) is 14.4 Å². The van der Waals surface area contributed by atoms with Gasteiger partial charge < -0.3 is 14.4 Å². The molecule has 0 saturated carbocycles. The van der Waals surface area contributed by atoms with Gasteiger partial charge >= 0.3 is 0 Å². The van der Waals surface area contributed by atoms with Crippen molar-refractivity contribution in [2.75, 3.05) is 0 Å². The van der Waals surface area contributed by atoms with Crippen LogP contribution in [0.5, 0.6) is 0 Å². The molecule has 0 aliphatic carbocycles. The Hall–Kier alpha value is 0.0800. The molecule has 0 aromatic carbocycles. The van der Waals surface area contributed by atoms with Crippen LogP contribution in [0.4, 0.5) is 4.20 Å². The Labute approximate surface area is 66.9 Å². The van der Waals surface area contributed by atoms with Gasteiger partial charge in [-0.25, -0.2) is 4.20 Å². The highest BCUT2D eigenvalue weighted by Crippen LogP contribution is 2.22. The summed E-state index contributed by atoms with van der Waals surface area (Å²) in [5.74, 6) is 0. The predicted molar refractivity (Wildman–Crippen MR) is 38.5 cm³/mol. The summed E-state index contributed by atoms with van der Waals surface area (Å²) in [5, 5.41) is 0. The van der Waals surface area contributed by atoms with Gasteiger partial charge in [-0.1, -0.05) is 39.5 Å². The third kappa shape index (κ3) is 69.4. The monoisotopic (exact) mass is 184 g/mol. The van der Waals surface area contributed by atoms with Crippen molar-refractivity contribution in [2.24, 2.45) is 0 Å². The number of unbranched alkanes of at least 4 members (excludes halogenated alkanes) is 3. The molecule has 0 fully saturated rings. The number of hydrogen-bond donors (Lipinski definition) is 0. The van der Waals surface area contributed by atoms with Gasteiger partial charge in [-0.2, -0.15) is 0 Å². The average molecular weight is 184 g/mol. The molecule has 0 aromatic heterocycles. The molecule has 0 aliphatic rings. The van der Waals surface area contributed by atoms with Crippen LogP contribution in [0.15, 0.2) is 0 Å². The van der Waals surface area contributed by atoms with Gasteiger partial charge in [-0.05, 0) is 0 Å². The minimum atomic E-state index is -5.64. The van der Waals surface area contributed by atoms with Crippen LogP contribution in [0.3, 0.4) is 0 Å². The van der Waals surface area contributed by atoms with E-state index >= 15 is 0 Å². The summed E-state index contributed by atoms with van der Waals surface area (Å²) in [6.45, 7) is 4.46. The first-order valence-corrected chi connectivity index (χ1v) is 5.06. The van der Waals surface area contributed by atoms with Gasteiger partial charge in [0.1, 0.15) is 7.91 Å². The van der Waals surface area contributed by atoms with E-state index in [1.165, 1.54) is 25.7 Å². The zero-order valence-electron chi connectivity index (χ0n) is 6.88. The van der Waals surface area contributed by atoms with E-state index in [1.54, 1.807) is 0 Å². The Bertz CT molecular complexity index is 100. The minimum absolute atomic E-state index is 1.36. The highest BCUT2D eigenvalue weighted by molar-refractivity contribution is 7.42. The van der Waals surface area contributed by atoms with Gasteiger partial charge in [0.2, 0.25) is 0 Å². The Balaban J connectivity index is 0. The molecule has 0 atom stereocenters. The van der Waals surface area contributed by atoms with E-state index in [0.29, 0.717) is 0 Å². The lowest BCUT2D eigenvalue weighted by atomic mass is 10.2. The van der Waals surface area contributed by atoms with E-state index in [1.807, 2.05) is 0 Å². The van der Waals surface area contributed by atoms with Crippen LogP contribution in [-0.4, -0.2) is 0 Å². The molecule has 0 bridgehead atoms. The zero-order chi connectivity index (χ0) is 9.33. The molecular weight excluding hydrogens is 170 g/mol. The van der Waals surface area contributed by atoms with Gasteiger partial charge in [0, 0.05) is 0 Å². The van der Waals surface area contributed by atoms with E-state index in [-0.39, 0.29) is 0 Å². The van der Waals surface area contributed by atoms with Crippen LogP contribution in [0, 0.1) is 0 Å². The quantitative estimate of drug-likeness (QED) is 0.491. The maximum Gasteiger partial charge on any atom is 0.110 e. The van der Waals surface area contributed by atoms with Crippen molar-refractivity contribution in [1.82, 2.24) is 0 Å². The van der Waals surface area contributed by atoms with Crippen LogP contribution in [0.25, 0.3) is 0 Å². The molecule has 5 heteroatoms. The van der Waals surface area contributed by atoms with E-state index < -0.39 is 7.91 Å². The third-order valence-corrected chi connectivity index (χ3v) is 0.957. The topological polar surface area (TPSA) is 63.2 Å². The normalized spacial score (nSPS) is 10.3. The lowest BCUT2D eigenvalue weighted by Crippen LogP contribution is -2.07. The highest BCUT2D eigenvalue weighted by atomic mass is 31.2. The molecule has 0 N–H and O–H groups in total. The van der Waals surface area contributed by atoms with Crippen LogP contribution < -0.4 is 9.79 Å². The second kappa shape index (κ2) is 8.18. The summed E-state index contributed by atoms with van der Waals surface area (Å²) in [4.78, 5) is 16.9. The fourth-order valence-electron chi connectivity index (χ4n) is 0.500. The molecule has 3 nitrogen and oxygen atoms in total. The van der Waals surface area contributed by atoms with Crippen molar-refractivity contribution in [3.8, 4) is 0 Å². The minimum Gasteiger partial charge on any atom is -0.786 e. The van der Waals surface area contributed by atoms with E-state index in [0.717, 1.165) is 0 Å². The van der Waals surface area contributed by atoms with Gasteiger partial charge in [0.25, 0.3) is 0 Å². The zero-order valence-corrected chi connectivity index (χ0v) is 7.77. The van der Waals surface area contributed by atoms with Crippen molar-refractivity contribution < 1.29 is 18.5 Å². The predicted octanol–water partition coefficient (Wildman–Crippen LogP) is 1.37. The molecule has 0 spiro atoms. The number of hydrogen-bond acceptors (Lipinski definition) is 3. The van der Waals surface area contributed by atoms with Crippen LogP contribution >= 0.6 is 7.91 Å².